The number of aromatic nitrogens is 1. The van der Waals surface area contributed by atoms with Crippen LogP contribution in [-0.2, 0) is 10.0 Å². The van der Waals surface area contributed by atoms with Crippen molar-refractivity contribution in [3.8, 4) is 0 Å². The van der Waals surface area contributed by atoms with E-state index >= 15 is 0 Å². The SMILES string of the molecule is Cc1[nH]ccc1C(=O)N[C@@H]1CN(S(C)(=O)=O)C[C@H]1C1CC1. The molecule has 0 aromatic carbocycles. The summed E-state index contributed by atoms with van der Waals surface area (Å²) in [6, 6.07) is 1.66. The Morgan fingerprint density at radius 2 is 2.10 bits per heavy atom. The Morgan fingerprint density at radius 3 is 2.62 bits per heavy atom. The molecule has 1 aliphatic heterocycles. The number of nitrogens with one attached hydrogen (secondary N) is 2. The van der Waals surface area contributed by atoms with Gasteiger partial charge in [-0.2, -0.15) is 4.31 Å². The van der Waals surface area contributed by atoms with Crippen molar-refractivity contribution in [1.82, 2.24) is 14.6 Å². The Bertz CT molecular complexity index is 648. The fourth-order valence-electron chi connectivity index (χ4n) is 3.16. The van der Waals surface area contributed by atoms with Crippen molar-refractivity contribution < 1.29 is 13.2 Å². The van der Waals surface area contributed by atoms with Gasteiger partial charge < -0.3 is 10.3 Å². The van der Waals surface area contributed by atoms with E-state index < -0.39 is 10.0 Å². The lowest BCUT2D eigenvalue weighted by Crippen LogP contribution is -2.41. The number of carbonyl (C=O) groups is 1. The Hall–Kier alpha value is -1.34. The van der Waals surface area contributed by atoms with E-state index in [1.807, 2.05) is 6.92 Å². The molecule has 7 heteroatoms. The summed E-state index contributed by atoms with van der Waals surface area (Å²) < 4.78 is 25.0. The maximum Gasteiger partial charge on any atom is 0.253 e. The van der Waals surface area contributed by atoms with Crippen LogP contribution in [0.1, 0.15) is 28.9 Å². The van der Waals surface area contributed by atoms with Crippen LogP contribution < -0.4 is 5.32 Å². The topological polar surface area (TPSA) is 82.3 Å². The minimum atomic E-state index is -3.20. The summed E-state index contributed by atoms with van der Waals surface area (Å²) in [4.78, 5) is 15.3. The van der Waals surface area contributed by atoms with Gasteiger partial charge in [0.1, 0.15) is 0 Å². The average molecular weight is 311 g/mol. The summed E-state index contributed by atoms with van der Waals surface area (Å²) in [5, 5.41) is 3.03. The molecule has 0 radical (unpaired) electrons. The molecule has 2 N–H and O–H groups in total. The van der Waals surface area contributed by atoms with E-state index in [4.69, 9.17) is 0 Å². The second-order valence-electron chi connectivity index (χ2n) is 6.18. The van der Waals surface area contributed by atoms with Crippen LogP contribution in [0.25, 0.3) is 0 Å². The van der Waals surface area contributed by atoms with Crippen molar-refractivity contribution >= 4 is 15.9 Å². The number of amides is 1. The highest BCUT2D eigenvalue weighted by Crippen LogP contribution is 2.42. The molecule has 2 fully saturated rings. The van der Waals surface area contributed by atoms with Crippen LogP contribution >= 0.6 is 0 Å². The number of sulfonamides is 1. The minimum Gasteiger partial charge on any atom is -0.365 e. The molecular weight excluding hydrogens is 290 g/mol. The van der Waals surface area contributed by atoms with Gasteiger partial charge in [-0.15, -0.1) is 0 Å². The van der Waals surface area contributed by atoms with Crippen LogP contribution in [0.2, 0.25) is 0 Å². The predicted octanol–water partition coefficient (Wildman–Crippen LogP) is 0.723. The molecule has 1 aliphatic carbocycles. The van der Waals surface area contributed by atoms with Crippen molar-refractivity contribution in [2.45, 2.75) is 25.8 Å². The Kier molecular flexibility index (Phi) is 3.57. The molecule has 2 atom stereocenters. The molecule has 1 saturated carbocycles. The predicted molar refractivity (Wildman–Crippen MR) is 79.4 cm³/mol. The molecule has 0 unspecified atom stereocenters. The highest BCUT2D eigenvalue weighted by atomic mass is 32.2. The lowest BCUT2D eigenvalue weighted by Gasteiger charge is -2.19. The molecule has 2 heterocycles. The van der Waals surface area contributed by atoms with E-state index in [1.165, 1.54) is 10.6 Å². The summed E-state index contributed by atoms with van der Waals surface area (Å²) in [7, 11) is -3.20. The molecule has 3 rings (SSSR count). The van der Waals surface area contributed by atoms with Gasteiger partial charge in [0.05, 0.1) is 11.8 Å². The molecular formula is C14H21N3O3S. The van der Waals surface area contributed by atoms with Crippen molar-refractivity contribution in [2.75, 3.05) is 19.3 Å². The second-order valence-corrected chi connectivity index (χ2v) is 8.16. The molecule has 21 heavy (non-hydrogen) atoms. The van der Waals surface area contributed by atoms with Crippen molar-refractivity contribution in [3.05, 3.63) is 23.5 Å². The molecule has 1 saturated heterocycles. The highest BCUT2D eigenvalue weighted by molar-refractivity contribution is 7.88. The second kappa shape index (κ2) is 5.14. The van der Waals surface area contributed by atoms with E-state index in [9.17, 15) is 13.2 Å². The zero-order chi connectivity index (χ0) is 15.2. The van der Waals surface area contributed by atoms with E-state index in [0.29, 0.717) is 24.6 Å². The van der Waals surface area contributed by atoms with Crippen LogP contribution in [0, 0.1) is 18.8 Å². The first-order valence-corrected chi connectivity index (χ1v) is 9.11. The molecule has 0 spiro atoms. The Labute approximate surface area is 125 Å². The summed E-state index contributed by atoms with van der Waals surface area (Å²) in [6.07, 6.45) is 5.24. The van der Waals surface area contributed by atoms with Crippen LogP contribution in [0.4, 0.5) is 0 Å². The zero-order valence-electron chi connectivity index (χ0n) is 12.3. The maximum absolute atomic E-state index is 12.3. The van der Waals surface area contributed by atoms with Gasteiger partial charge in [-0.25, -0.2) is 8.42 Å². The van der Waals surface area contributed by atoms with Gasteiger partial charge in [-0.1, -0.05) is 0 Å². The number of H-pyrrole nitrogens is 1. The summed E-state index contributed by atoms with van der Waals surface area (Å²) in [5.74, 6) is 0.664. The van der Waals surface area contributed by atoms with Crippen LogP contribution in [0.3, 0.4) is 0 Å². The Balaban J connectivity index is 1.74. The number of hydrogen-bond donors (Lipinski definition) is 2. The van der Waals surface area contributed by atoms with Gasteiger partial charge in [-0.05, 0) is 37.7 Å². The van der Waals surface area contributed by atoms with Gasteiger partial charge in [-0.3, -0.25) is 4.79 Å². The van der Waals surface area contributed by atoms with E-state index in [1.54, 1.807) is 12.3 Å². The molecule has 6 nitrogen and oxygen atoms in total. The van der Waals surface area contributed by atoms with E-state index in [0.717, 1.165) is 18.5 Å². The number of hydrogen-bond acceptors (Lipinski definition) is 3. The number of nitrogens with zero attached hydrogens (tertiary/aromatic N) is 1. The van der Waals surface area contributed by atoms with Crippen molar-refractivity contribution in [2.24, 2.45) is 11.8 Å². The molecule has 1 aromatic heterocycles. The normalized spacial score (nSPS) is 27.0. The quantitative estimate of drug-likeness (QED) is 0.860. The lowest BCUT2D eigenvalue weighted by atomic mass is 9.98. The third kappa shape index (κ3) is 2.98. The molecule has 2 aliphatic rings. The van der Waals surface area contributed by atoms with E-state index in [2.05, 4.69) is 10.3 Å². The first kappa shape index (κ1) is 14.6. The van der Waals surface area contributed by atoms with E-state index in [-0.39, 0.29) is 17.9 Å². The maximum atomic E-state index is 12.3. The lowest BCUT2D eigenvalue weighted by molar-refractivity contribution is 0.0928. The van der Waals surface area contributed by atoms with Crippen molar-refractivity contribution in [1.29, 1.82) is 0 Å². The molecule has 0 bridgehead atoms. The van der Waals surface area contributed by atoms with Gasteiger partial charge in [0, 0.05) is 31.0 Å². The molecule has 1 aromatic rings. The standard InChI is InChI=1S/C14H21N3O3S/c1-9-11(5-6-15-9)14(18)16-13-8-17(21(2,19)20)7-12(13)10-3-4-10/h5-6,10,12-13,15H,3-4,7-8H2,1-2H3,(H,16,18)/t12-,13+/m0/s1. The van der Waals surface area contributed by atoms with Crippen LogP contribution in [-0.4, -0.2) is 49.0 Å². The fraction of sp³-hybridized carbons (Fsp3) is 0.643. The van der Waals surface area contributed by atoms with Gasteiger partial charge in [0.2, 0.25) is 10.0 Å². The van der Waals surface area contributed by atoms with Gasteiger partial charge >= 0.3 is 0 Å². The summed E-state index contributed by atoms with van der Waals surface area (Å²) >= 11 is 0. The zero-order valence-corrected chi connectivity index (χ0v) is 13.1. The number of carbonyl (C=O) groups excluding carboxylic acids is 1. The van der Waals surface area contributed by atoms with Gasteiger partial charge in [0.25, 0.3) is 5.91 Å². The van der Waals surface area contributed by atoms with Gasteiger partial charge in [0.15, 0.2) is 0 Å². The summed E-state index contributed by atoms with van der Waals surface area (Å²) in [5.41, 5.74) is 1.45. The fourth-order valence-corrected chi connectivity index (χ4v) is 4.04. The first-order valence-electron chi connectivity index (χ1n) is 7.26. The van der Waals surface area contributed by atoms with Crippen molar-refractivity contribution in [3.63, 3.8) is 0 Å². The number of aryl methyl sites for hydroxylation is 1. The Morgan fingerprint density at radius 1 is 1.38 bits per heavy atom. The third-order valence-electron chi connectivity index (χ3n) is 4.54. The number of aromatic amines is 1. The highest BCUT2D eigenvalue weighted by Gasteiger charge is 2.45. The molecule has 1 amide bonds. The summed E-state index contributed by atoms with van der Waals surface area (Å²) in [6.45, 7) is 2.76. The largest absolute Gasteiger partial charge is 0.365 e. The average Bonchev–Trinajstić information content (AvgIpc) is 2.99. The monoisotopic (exact) mass is 311 g/mol. The minimum absolute atomic E-state index is 0.0889. The smallest absolute Gasteiger partial charge is 0.253 e. The third-order valence-corrected chi connectivity index (χ3v) is 5.78. The molecule has 116 valence electrons. The van der Waals surface area contributed by atoms with Crippen LogP contribution in [0.15, 0.2) is 12.3 Å². The number of rotatable bonds is 4. The first-order chi connectivity index (χ1) is 9.86. The van der Waals surface area contributed by atoms with Crippen LogP contribution in [0.5, 0.6) is 0 Å².